The molecule has 21 heavy (non-hydrogen) atoms. The highest BCUT2D eigenvalue weighted by molar-refractivity contribution is 7.79. The van der Waals surface area contributed by atoms with Crippen molar-refractivity contribution in [3.05, 3.63) is 35.4 Å². The number of aliphatic hydroxyl groups excluding tert-OH is 1. The molecule has 0 unspecified atom stereocenters. The Morgan fingerprint density at radius 1 is 1.05 bits per heavy atom. The maximum atomic E-state index is 10.8. The quantitative estimate of drug-likeness (QED) is 0.418. The number of benzene rings is 1. The summed E-state index contributed by atoms with van der Waals surface area (Å²) in [6.07, 6.45) is 2.04. The Morgan fingerprint density at radius 2 is 1.43 bits per heavy atom. The monoisotopic (exact) mass is 320 g/mol. The Balaban J connectivity index is 0.000000340. The molecule has 1 aliphatic rings. The van der Waals surface area contributed by atoms with Crippen LogP contribution in [-0.4, -0.2) is 41.2 Å². The lowest BCUT2D eigenvalue weighted by Crippen LogP contribution is -1.96. The molecular formula is C12H16O8S. The van der Waals surface area contributed by atoms with Crippen molar-refractivity contribution in [1.82, 2.24) is 0 Å². The van der Waals surface area contributed by atoms with E-state index in [0.29, 0.717) is 17.7 Å². The minimum absolute atomic E-state index is 0.344. The Kier molecular flexibility index (Phi) is 8.39. The molecule has 1 aromatic carbocycles. The number of cyclic esters (lactones) is 2. The largest absolute Gasteiger partial charge is 0.396 e. The lowest BCUT2D eigenvalue weighted by molar-refractivity contribution is 0.0443. The van der Waals surface area contributed by atoms with E-state index < -0.39 is 22.3 Å². The molecule has 1 aromatic rings. The van der Waals surface area contributed by atoms with Crippen LogP contribution in [0.4, 0.5) is 0 Å². The fourth-order valence-corrected chi connectivity index (χ4v) is 1.19. The standard InChI is InChI=1S/C8H4O3.C4H10O.H2O4S/c9-7-5-3-1-2-4-6(5)8(10)11-7;1-2-3-4-5;1-5(2,3)4/h1-4H;5H,2-4H2,1H3;(H2,1,2,3,4). The number of hydrogen-bond donors (Lipinski definition) is 3. The summed E-state index contributed by atoms with van der Waals surface area (Å²) in [6.45, 7) is 2.40. The zero-order chi connectivity index (χ0) is 16.5. The Morgan fingerprint density at radius 3 is 1.67 bits per heavy atom. The molecule has 0 aromatic heterocycles. The molecule has 3 N–H and O–H groups in total. The molecule has 1 heterocycles. The highest BCUT2D eigenvalue weighted by Gasteiger charge is 2.28. The Hall–Kier alpha value is -1.81. The number of fused-ring (bicyclic) bond motifs is 1. The molecule has 0 spiro atoms. The summed E-state index contributed by atoms with van der Waals surface area (Å²) in [5.41, 5.74) is 0.718. The van der Waals surface area contributed by atoms with Gasteiger partial charge in [0.15, 0.2) is 0 Å². The Bertz CT molecular complexity index is 536. The first-order valence-electron chi connectivity index (χ1n) is 5.87. The van der Waals surface area contributed by atoms with Crippen LogP contribution in [-0.2, 0) is 15.1 Å². The summed E-state index contributed by atoms with van der Waals surface area (Å²) in [5, 5.41) is 8.07. The van der Waals surface area contributed by atoms with Gasteiger partial charge in [0.2, 0.25) is 0 Å². The van der Waals surface area contributed by atoms with Gasteiger partial charge in [-0.1, -0.05) is 25.5 Å². The molecule has 1 aliphatic heterocycles. The summed E-state index contributed by atoms with van der Waals surface area (Å²) < 4.78 is 35.9. The minimum atomic E-state index is -4.67. The van der Waals surface area contributed by atoms with E-state index >= 15 is 0 Å². The number of esters is 2. The second-order valence-electron chi connectivity index (χ2n) is 3.75. The maximum Gasteiger partial charge on any atom is 0.394 e. The summed E-state index contributed by atoms with van der Waals surface area (Å²) in [4.78, 5) is 21.7. The predicted octanol–water partition coefficient (Wildman–Crippen LogP) is 1.12. The van der Waals surface area contributed by atoms with E-state index in [0.717, 1.165) is 12.8 Å². The van der Waals surface area contributed by atoms with Gasteiger partial charge in [-0.2, -0.15) is 8.42 Å². The lowest BCUT2D eigenvalue weighted by atomic mass is 10.1. The summed E-state index contributed by atoms with van der Waals surface area (Å²) >= 11 is 0. The topological polar surface area (TPSA) is 138 Å². The maximum absolute atomic E-state index is 10.8. The fraction of sp³-hybridized carbons (Fsp3) is 0.333. The van der Waals surface area contributed by atoms with Crippen molar-refractivity contribution in [2.24, 2.45) is 0 Å². The van der Waals surface area contributed by atoms with Crippen LogP contribution in [0.15, 0.2) is 24.3 Å². The molecule has 8 nitrogen and oxygen atoms in total. The third kappa shape index (κ3) is 8.87. The number of ether oxygens (including phenoxy) is 1. The van der Waals surface area contributed by atoms with Gasteiger partial charge >= 0.3 is 22.3 Å². The van der Waals surface area contributed by atoms with E-state index in [1.165, 1.54) is 0 Å². The minimum Gasteiger partial charge on any atom is -0.396 e. The highest BCUT2D eigenvalue weighted by atomic mass is 32.3. The van der Waals surface area contributed by atoms with E-state index in [1.54, 1.807) is 24.3 Å². The van der Waals surface area contributed by atoms with Crippen LogP contribution in [0.1, 0.15) is 40.5 Å². The van der Waals surface area contributed by atoms with Crippen LogP contribution >= 0.6 is 0 Å². The molecule has 0 bridgehead atoms. The van der Waals surface area contributed by atoms with Crippen LogP contribution in [0, 0.1) is 0 Å². The number of hydrogen-bond acceptors (Lipinski definition) is 6. The second kappa shape index (κ2) is 9.19. The van der Waals surface area contributed by atoms with Crippen molar-refractivity contribution in [3.8, 4) is 0 Å². The summed E-state index contributed by atoms with van der Waals surface area (Å²) in [6, 6.07) is 6.53. The molecule has 0 amide bonds. The van der Waals surface area contributed by atoms with E-state index in [2.05, 4.69) is 11.7 Å². The van der Waals surface area contributed by atoms with Gasteiger partial charge in [0.05, 0.1) is 11.1 Å². The summed E-state index contributed by atoms with van der Waals surface area (Å²) in [5.74, 6) is -1.10. The number of aliphatic hydroxyl groups is 1. The SMILES string of the molecule is CCCCO.O=C1OC(=O)c2ccccc21.O=S(=O)(O)O. The fourth-order valence-electron chi connectivity index (χ4n) is 1.19. The van der Waals surface area contributed by atoms with Gasteiger partial charge in [-0.25, -0.2) is 9.59 Å². The molecule has 0 fully saturated rings. The van der Waals surface area contributed by atoms with Gasteiger partial charge in [-0.3, -0.25) is 9.11 Å². The molecular weight excluding hydrogens is 304 g/mol. The van der Waals surface area contributed by atoms with E-state index in [1.807, 2.05) is 0 Å². The van der Waals surface area contributed by atoms with Gasteiger partial charge < -0.3 is 9.84 Å². The van der Waals surface area contributed by atoms with E-state index in [4.69, 9.17) is 22.6 Å². The molecule has 2 rings (SSSR count). The van der Waals surface area contributed by atoms with E-state index in [-0.39, 0.29) is 0 Å². The number of unbranched alkanes of at least 4 members (excludes halogenated alkanes) is 1. The third-order valence-corrected chi connectivity index (χ3v) is 2.06. The van der Waals surface area contributed by atoms with Gasteiger partial charge in [0, 0.05) is 6.61 Å². The van der Waals surface area contributed by atoms with Crippen LogP contribution in [0.25, 0.3) is 0 Å². The van der Waals surface area contributed by atoms with Crippen molar-refractivity contribution >= 4 is 22.3 Å². The van der Waals surface area contributed by atoms with Gasteiger partial charge in [0.25, 0.3) is 0 Å². The zero-order valence-electron chi connectivity index (χ0n) is 11.2. The number of carbonyl (C=O) groups excluding carboxylic acids is 2. The average Bonchev–Trinajstić information content (AvgIpc) is 2.66. The number of carbonyl (C=O) groups is 2. The van der Waals surface area contributed by atoms with Crippen LogP contribution < -0.4 is 0 Å². The second-order valence-corrected chi connectivity index (χ2v) is 4.64. The average molecular weight is 320 g/mol. The highest BCUT2D eigenvalue weighted by Crippen LogP contribution is 2.18. The Labute approximate surface area is 121 Å². The summed E-state index contributed by atoms with van der Waals surface area (Å²) in [7, 11) is -4.67. The normalized spacial score (nSPS) is 12.4. The van der Waals surface area contributed by atoms with Gasteiger partial charge in [-0.05, 0) is 18.6 Å². The predicted molar refractivity (Wildman–Crippen MR) is 72.4 cm³/mol. The van der Waals surface area contributed by atoms with Crippen LogP contribution in [0.3, 0.4) is 0 Å². The van der Waals surface area contributed by atoms with Crippen LogP contribution in [0.2, 0.25) is 0 Å². The van der Waals surface area contributed by atoms with E-state index in [9.17, 15) is 9.59 Å². The van der Waals surface area contributed by atoms with Gasteiger partial charge in [0.1, 0.15) is 0 Å². The molecule has 0 atom stereocenters. The van der Waals surface area contributed by atoms with Gasteiger partial charge in [-0.15, -0.1) is 0 Å². The first-order chi connectivity index (χ1) is 9.70. The molecule has 0 aliphatic carbocycles. The van der Waals surface area contributed by atoms with Crippen molar-refractivity contribution in [2.75, 3.05) is 6.61 Å². The smallest absolute Gasteiger partial charge is 0.394 e. The van der Waals surface area contributed by atoms with Crippen molar-refractivity contribution < 1.29 is 37.0 Å². The van der Waals surface area contributed by atoms with Crippen molar-refractivity contribution in [2.45, 2.75) is 19.8 Å². The number of rotatable bonds is 2. The zero-order valence-corrected chi connectivity index (χ0v) is 12.0. The van der Waals surface area contributed by atoms with Crippen molar-refractivity contribution in [1.29, 1.82) is 0 Å². The molecule has 0 saturated heterocycles. The first kappa shape index (κ1) is 19.2. The lowest BCUT2D eigenvalue weighted by Gasteiger charge is -1.86. The molecule has 9 heteroatoms. The molecule has 0 radical (unpaired) electrons. The van der Waals surface area contributed by atoms with Crippen LogP contribution in [0.5, 0.6) is 0 Å². The third-order valence-electron chi connectivity index (χ3n) is 2.06. The van der Waals surface area contributed by atoms with Crippen molar-refractivity contribution in [3.63, 3.8) is 0 Å². The molecule has 0 saturated carbocycles. The first-order valence-corrected chi connectivity index (χ1v) is 7.26. The molecule has 118 valence electrons.